The molecule has 0 saturated heterocycles. The molecular weight excluding hydrogens is 420 g/mol. The molecule has 0 aliphatic rings. The molecule has 1 heterocycles. The van der Waals surface area contributed by atoms with Crippen molar-refractivity contribution in [1.29, 1.82) is 0 Å². The molecule has 0 aliphatic heterocycles. The Balaban J connectivity index is 3.45. The Hall–Kier alpha value is -0.0600. The van der Waals surface area contributed by atoms with Gasteiger partial charge in [0.2, 0.25) is 5.91 Å². The zero-order valence-corrected chi connectivity index (χ0v) is 10.9. The fourth-order valence-electron chi connectivity index (χ4n) is 0.893. The third kappa shape index (κ3) is 2.30. The molecule has 7 heteroatoms. The van der Waals surface area contributed by atoms with Gasteiger partial charge in [-0.3, -0.25) is 4.79 Å². The summed E-state index contributed by atoms with van der Waals surface area (Å²) in [5.41, 5.74) is 4.46. The van der Waals surface area contributed by atoms with Crippen molar-refractivity contribution >= 4 is 51.1 Å². The molecule has 0 bridgehead atoms. The van der Waals surface area contributed by atoms with Crippen molar-refractivity contribution in [3.63, 3.8) is 0 Å². The summed E-state index contributed by atoms with van der Waals surface area (Å²) in [6.45, 7) is 0. The SMILES string of the molecule is NC(=O)c1c(C(F)F)cnc(I)c1I. The third-order valence-corrected chi connectivity index (χ3v) is 4.39. The molecule has 76 valence electrons. The Bertz CT molecular complexity index is 384. The molecule has 0 fully saturated rings. The number of alkyl halides is 2. The van der Waals surface area contributed by atoms with Crippen molar-refractivity contribution in [3.05, 3.63) is 24.6 Å². The van der Waals surface area contributed by atoms with Gasteiger partial charge in [0.25, 0.3) is 6.43 Å². The molecule has 0 atom stereocenters. The third-order valence-electron chi connectivity index (χ3n) is 1.49. The summed E-state index contributed by atoms with van der Waals surface area (Å²) in [5, 5.41) is 0. The van der Waals surface area contributed by atoms with Gasteiger partial charge in [-0.15, -0.1) is 0 Å². The first-order valence-corrected chi connectivity index (χ1v) is 5.52. The summed E-state index contributed by atoms with van der Waals surface area (Å²) in [7, 11) is 0. The lowest BCUT2D eigenvalue weighted by molar-refractivity contribution is 0.0984. The number of halogens is 4. The van der Waals surface area contributed by atoms with Crippen LogP contribution in [0.15, 0.2) is 6.20 Å². The van der Waals surface area contributed by atoms with E-state index in [1.165, 1.54) is 0 Å². The number of carbonyl (C=O) groups excluding carboxylic acids is 1. The van der Waals surface area contributed by atoms with E-state index in [0.29, 0.717) is 7.27 Å². The summed E-state index contributed by atoms with van der Waals surface area (Å²) in [4.78, 5) is 14.7. The van der Waals surface area contributed by atoms with Gasteiger partial charge in [-0.25, -0.2) is 13.8 Å². The number of rotatable bonds is 2. The molecule has 2 N–H and O–H groups in total. The van der Waals surface area contributed by atoms with Gasteiger partial charge in [0, 0.05) is 11.8 Å². The first kappa shape index (κ1) is 12.0. The summed E-state index contributed by atoms with van der Waals surface area (Å²) in [5.74, 6) is -0.856. The number of aromatic nitrogens is 1. The minimum absolute atomic E-state index is 0.139. The van der Waals surface area contributed by atoms with E-state index in [0.717, 1.165) is 6.20 Å². The van der Waals surface area contributed by atoms with Crippen LogP contribution in [0.3, 0.4) is 0 Å². The van der Waals surface area contributed by atoms with Crippen LogP contribution in [0.4, 0.5) is 8.78 Å². The predicted octanol–water partition coefficient (Wildman–Crippen LogP) is 2.33. The molecule has 1 rings (SSSR count). The van der Waals surface area contributed by atoms with E-state index < -0.39 is 17.9 Å². The second-order valence-corrected chi connectivity index (χ2v) is 4.46. The Labute approximate surface area is 106 Å². The van der Waals surface area contributed by atoms with Gasteiger partial charge in [0.1, 0.15) is 3.70 Å². The number of amides is 1. The number of hydrogen-bond acceptors (Lipinski definition) is 2. The summed E-state index contributed by atoms with van der Waals surface area (Å²) in [6.07, 6.45) is -1.76. The number of nitrogens with two attached hydrogens (primary N) is 1. The van der Waals surface area contributed by atoms with E-state index in [9.17, 15) is 13.6 Å². The van der Waals surface area contributed by atoms with Crippen molar-refractivity contribution in [1.82, 2.24) is 4.98 Å². The number of hydrogen-bond donors (Lipinski definition) is 1. The summed E-state index contributed by atoms with van der Waals surface area (Å²) < 4.78 is 25.7. The van der Waals surface area contributed by atoms with Crippen LogP contribution in [-0.4, -0.2) is 10.9 Å². The monoisotopic (exact) mass is 424 g/mol. The van der Waals surface area contributed by atoms with E-state index in [1.54, 1.807) is 22.6 Å². The van der Waals surface area contributed by atoms with Crippen LogP contribution in [-0.2, 0) is 0 Å². The zero-order valence-electron chi connectivity index (χ0n) is 6.60. The van der Waals surface area contributed by atoms with E-state index in [1.807, 2.05) is 22.6 Å². The van der Waals surface area contributed by atoms with Gasteiger partial charge >= 0.3 is 0 Å². The molecular formula is C7H4F2I2N2O. The Morgan fingerprint density at radius 3 is 2.50 bits per heavy atom. The molecule has 3 nitrogen and oxygen atoms in total. The number of pyridine rings is 1. The van der Waals surface area contributed by atoms with Crippen molar-refractivity contribution in [3.8, 4) is 0 Å². The van der Waals surface area contributed by atoms with Crippen molar-refractivity contribution in [2.75, 3.05) is 0 Å². The van der Waals surface area contributed by atoms with Gasteiger partial charge < -0.3 is 5.73 Å². The maximum atomic E-state index is 12.4. The van der Waals surface area contributed by atoms with E-state index in [4.69, 9.17) is 5.73 Å². The van der Waals surface area contributed by atoms with Crippen LogP contribution in [0.1, 0.15) is 22.3 Å². The first-order chi connectivity index (χ1) is 6.45. The molecule has 1 aromatic rings. The highest BCUT2D eigenvalue weighted by Crippen LogP contribution is 2.27. The van der Waals surface area contributed by atoms with Crippen LogP contribution in [0, 0.1) is 7.27 Å². The van der Waals surface area contributed by atoms with E-state index >= 15 is 0 Å². The van der Waals surface area contributed by atoms with Gasteiger partial charge in [-0.1, -0.05) is 0 Å². The first-order valence-electron chi connectivity index (χ1n) is 3.37. The number of carbonyl (C=O) groups is 1. The summed E-state index contributed by atoms with van der Waals surface area (Å²) in [6, 6.07) is 0. The quantitative estimate of drug-likeness (QED) is 0.586. The van der Waals surface area contributed by atoms with Gasteiger partial charge in [-0.05, 0) is 45.2 Å². The molecule has 0 spiro atoms. The second kappa shape index (κ2) is 4.64. The average molecular weight is 424 g/mol. The fraction of sp³-hybridized carbons (Fsp3) is 0.143. The van der Waals surface area contributed by atoms with Crippen LogP contribution < -0.4 is 5.73 Å². The smallest absolute Gasteiger partial charge is 0.266 e. The highest BCUT2D eigenvalue weighted by atomic mass is 127. The Morgan fingerprint density at radius 2 is 2.07 bits per heavy atom. The van der Waals surface area contributed by atoms with Gasteiger partial charge in [0.05, 0.1) is 9.13 Å². The standard InChI is InChI=1S/C7H4F2I2N2O/c8-5(9)2-1-13-6(11)4(10)3(2)7(12)14/h1,5H,(H2,12,14). The van der Waals surface area contributed by atoms with Crippen molar-refractivity contribution < 1.29 is 13.6 Å². The molecule has 0 radical (unpaired) electrons. The minimum Gasteiger partial charge on any atom is -0.366 e. The average Bonchev–Trinajstić information content (AvgIpc) is 2.08. The molecule has 14 heavy (non-hydrogen) atoms. The molecule has 0 saturated carbocycles. The highest BCUT2D eigenvalue weighted by molar-refractivity contribution is 14.1. The van der Waals surface area contributed by atoms with Crippen LogP contribution in [0.2, 0.25) is 0 Å². The minimum atomic E-state index is -2.74. The summed E-state index contributed by atoms with van der Waals surface area (Å²) >= 11 is 3.63. The second-order valence-electron chi connectivity index (χ2n) is 2.36. The molecule has 0 aliphatic carbocycles. The maximum absolute atomic E-state index is 12.4. The zero-order chi connectivity index (χ0) is 10.9. The topological polar surface area (TPSA) is 56.0 Å². The van der Waals surface area contributed by atoms with Gasteiger partial charge in [-0.2, -0.15) is 0 Å². The number of nitrogens with zero attached hydrogens (tertiary/aromatic N) is 1. The number of primary amides is 1. The Kier molecular flexibility index (Phi) is 3.98. The molecule has 0 unspecified atom stereocenters. The lowest BCUT2D eigenvalue weighted by Crippen LogP contribution is -2.17. The normalized spacial score (nSPS) is 10.6. The van der Waals surface area contributed by atoms with Gasteiger partial charge in [0.15, 0.2) is 0 Å². The Morgan fingerprint density at radius 1 is 1.50 bits per heavy atom. The maximum Gasteiger partial charge on any atom is 0.266 e. The highest BCUT2D eigenvalue weighted by Gasteiger charge is 2.21. The fourth-order valence-corrected chi connectivity index (χ4v) is 2.02. The van der Waals surface area contributed by atoms with Crippen LogP contribution >= 0.6 is 45.2 Å². The van der Waals surface area contributed by atoms with Crippen molar-refractivity contribution in [2.24, 2.45) is 5.73 Å². The van der Waals surface area contributed by atoms with Crippen LogP contribution in [0.25, 0.3) is 0 Å². The molecule has 0 aromatic carbocycles. The lowest BCUT2D eigenvalue weighted by atomic mass is 10.1. The van der Waals surface area contributed by atoms with E-state index in [2.05, 4.69) is 4.98 Å². The molecule has 1 aromatic heterocycles. The largest absolute Gasteiger partial charge is 0.366 e. The van der Waals surface area contributed by atoms with Crippen LogP contribution in [0.5, 0.6) is 0 Å². The lowest BCUT2D eigenvalue weighted by Gasteiger charge is -2.08. The van der Waals surface area contributed by atoms with E-state index in [-0.39, 0.29) is 5.56 Å². The molecule has 1 amide bonds. The van der Waals surface area contributed by atoms with Crippen molar-refractivity contribution in [2.45, 2.75) is 6.43 Å². The predicted molar refractivity (Wildman–Crippen MR) is 63.1 cm³/mol.